The number of hydrogen-bond acceptors (Lipinski definition) is 7. The molecule has 1 aromatic heterocycles. The first-order valence-electron chi connectivity index (χ1n) is 13.9. The Morgan fingerprint density at radius 2 is 1.73 bits per heavy atom. The maximum Gasteiger partial charge on any atom is 0.257 e. The average Bonchev–Trinajstić information content (AvgIpc) is 2.98. The Morgan fingerprint density at radius 3 is 2.44 bits per heavy atom. The zero-order valence-corrected chi connectivity index (χ0v) is 24.4. The number of piperazine rings is 1. The van der Waals surface area contributed by atoms with E-state index in [1.807, 2.05) is 35.2 Å². The van der Waals surface area contributed by atoms with E-state index >= 15 is 0 Å². The number of aromatic nitrogens is 1. The van der Waals surface area contributed by atoms with Crippen LogP contribution in [0.1, 0.15) is 22.3 Å². The van der Waals surface area contributed by atoms with E-state index in [1.165, 1.54) is 0 Å². The molecule has 0 radical (unpaired) electrons. The van der Waals surface area contributed by atoms with E-state index in [0.717, 1.165) is 38.2 Å². The number of pyridine rings is 1. The van der Waals surface area contributed by atoms with Gasteiger partial charge in [-0.3, -0.25) is 14.5 Å². The summed E-state index contributed by atoms with van der Waals surface area (Å²) in [5.74, 6) is -0.00561. The largest absolute Gasteiger partial charge is 0.438 e. The van der Waals surface area contributed by atoms with Gasteiger partial charge >= 0.3 is 0 Å². The monoisotopic (exact) mass is 579 g/mol. The number of hydrogen-bond donors (Lipinski definition) is 1. The van der Waals surface area contributed by atoms with E-state index < -0.39 is 11.9 Å². The zero-order chi connectivity index (χ0) is 29.0. The third-order valence-electron chi connectivity index (χ3n) is 6.81. The molecule has 0 spiro atoms. The van der Waals surface area contributed by atoms with Crippen molar-refractivity contribution in [2.75, 3.05) is 60.0 Å². The molecule has 3 aromatic rings. The molecule has 0 aliphatic carbocycles. The standard InChI is InChI=1S/C31H38ClN5O4/c1-35(2)16-7-17-36-18-20-37(21-19-36)31(39)28(23-40-22-24-8-4-3-5-9-24)34-29(38)27-10-6-15-33-30(27)41-26-13-11-25(32)12-14-26/h3-6,8-15,28H,7,16-23H2,1-2H3,(H,34,38)/t28-/m1/s1. The van der Waals surface area contributed by atoms with Gasteiger partial charge in [-0.05, 0) is 75.6 Å². The summed E-state index contributed by atoms with van der Waals surface area (Å²) in [5, 5.41) is 3.47. The molecule has 10 heteroatoms. The molecule has 1 aliphatic heterocycles. The summed E-state index contributed by atoms with van der Waals surface area (Å²) >= 11 is 5.98. The lowest BCUT2D eigenvalue weighted by Crippen LogP contribution is -2.56. The van der Waals surface area contributed by atoms with Gasteiger partial charge < -0.3 is 24.6 Å². The molecule has 41 heavy (non-hydrogen) atoms. The van der Waals surface area contributed by atoms with E-state index in [1.54, 1.807) is 42.6 Å². The molecule has 9 nitrogen and oxygen atoms in total. The average molecular weight is 580 g/mol. The van der Waals surface area contributed by atoms with E-state index in [9.17, 15) is 9.59 Å². The Labute approximate surface area is 247 Å². The summed E-state index contributed by atoms with van der Waals surface area (Å²) in [6.45, 7) is 5.20. The number of benzene rings is 2. The highest BCUT2D eigenvalue weighted by atomic mass is 35.5. The number of halogens is 1. The highest BCUT2D eigenvalue weighted by molar-refractivity contribution is 6.30. The second-order valence-corrected chi connectivity index (χ2v) is 10.7. The highest BCUT2D eigenvalue weighted by Crippen LogP contribution is 2.24. The summed E-state index contributed by atoms with van der Waals surface area (Å²) in [7, 11) is 4.15. The lowest BCUT2D eigenvalue weighted by molar-refractivity contribution is -0.136. The van der Waals surface area contributed by atoms with Gasteiger partial charge in [-0.1, -0.05) is 41.9 Å². The van der Waals surface area contributed by atoms with Crippen molar-refractivity contribution in [3.8, 4) is 11.6 Å². The molecule has 0 unspecified atom stereocenters. The van der Waals surface area contributed by atoms with Crippen molar-refractivity contribution >= 4 is 23.4 Å². The lowest BCUT2D eigenvalue weighted by Gasteiger charge is -2.36. The van der Waals surface area contributed by atoms with E-state index in [2.05, 4.69) is 34.2 Å². The van der Waals surface area contributed by atoms with Crippen LogP contribution in [0.3, 0.4) is 0 Å². The Bertz CT molecular complexity index is 1250. The van der Waals surface area contributed by atoms with Crippen molar-refractivity contribution in [3.05, 3.63) is 89.1 Å². The van der Waals surface area contributed by atoms with Gasteiger partial charge in [-0.15, -0.1) is 0 Å². The molecular weight excluding hydrogens is 542 g/mol. The fourth-order valence-electron chi connectivity index (χ4n) is 4.56. The molecule has 2 aromatic carbocycles. The van der Waals surface area contributed by atoms with Crippen molar-refractivity contribution in [2.45, 2.75) is 19.1 Å². The molecule has 218 valence electrons. The first kappa shape index (κ1) is 30.5. The van der Waals surface area contributed by atoms with Crippen molar-refractivity contribution in [3.63, 3.8) is 0 Å². The number of amides is 2. The molecule has 1 fully saturated rings. The minimum Gasteiger partial charge on any atom is -0.438 e. The first-order valence-corrected chi connectivity index (χ1v) is 14.2. The number of carbonyl (C=O) groups is 2. The molecule has 1 aliphatic rings. The molecule has 1 atom stereocenters. The molecule has 0 saturated carbocycles. The Balaban J connectivity index is 1.42. The molecule has 2 heterocycles. The molecule has 0 bridgehead atoms. The van der Waals surface area contributed by atoms with Crippen LogP contribution in [0.4, 0.5) is 0 Å². The van der Waals surface area contributed by atoms with Gasteiger partial charge in [0, 0.05) is 37.4 Å². The third kappa shape index (κ3) is 9.54. The third-order valence-corrected chi connectivity index (χ3v) is 7.06. The Kier molecular flexibility index (Phi) is 11.5. The van der Waals surface area contributed by atoms with Crippen LogP contribution in [0.2, 0.25) is 5.02 Å². The van der Waals surface area contributed by atoms with E-state index in [-0.39, 0.29) is 24.0 Å². The van der Waals surface area contributed by atoms with Crippen LogP contribution in [0.25, 0.3) is 0 Å². The van der Waals surface area contributed by atoms with Gasteiger partial charge in [0.15, 0.2) is 0 Å². The Hall–Kier alpha value is -3.50. The minimum atomic E-state index is -0.866. The van der Waals surface area contributed by atoms with Gasteiger partial charge in [-0.2, -0.15) is 0 Å². The fraction of sp³-hybridized carbons (Fsp3) is 0.387. The minimum absolute atomic E-state index is 0.0379. The summed E-state index contributed by atoms with van der Waals surface area (Å²) < 4.78 is 11.8. The molecule has 1 N–H and O–H groups in total. The number of nitrogens with zero attached hydrogens (tertiary/aromatic N) is 4. The maximum atomic E-state index is 13.7. The highest BCUT2D eigenvalue weighted by Gasteiger charge is 2.30. The topological polar surface area (TPSA) is 87.2 Å². The number of rotatable bonds is 13. The van der Waals surface area contributed by atoms with Gasteiger partial charge in [0.25, 0.3) is 5.91 Å². The van der Waals surface area contributed by atoms with Crippen molar-refractivity contribution in [2.24, 2.45) is 0 Å². The smallest absolute Gasteiger partial charge is 0.257 e. The van der Waals surface area contributed by atoms with Crippen LogP contribution < -0.4 is 10.1 Å². The van der Waals surface area contributed by atoms with Crippen LogP contribution in [-0.2, 0) is 16.1 Å². The van der Waals surface area contributed by atoms with Crippen LogP contribution >= 0.6 is 11.6 Å². The van der Waals surface area contributed by atoms with Crippen LogP contribution in [-0.4, -0.2) is 97.5 Å². The predicted octanol–water partition coefficient (Wildman–Crippen LogP) is 3.94. The van der Waals surface area contributed by atoms with Crippen LogP contribution in [0.5, 0.6) is 11.6 Å². The van der Waals surface area contributed by atoms with Crippen molar-refractivity contribution in [1.82, 2.24) is 25.0 Å². The molecular formula is C31H38ClN5O4. The molecule has 4 rings (SSSR count). The summed E-state index contributed by atoms with van der Waals surface area (Å²) in [4.78, 5) is 37.8. The van der Waals surface area contributed by atoms with E-state index in [0.29, 0.717) is 30.5 Å². The van der Waals surface area contributed by atoms with Gasteiger partial charge in [0.1, 0.15) is 17.4 Å². The van der Waals surface area contributed by atoms with Crippen molar-refractivity contribution < 1.29 is 19.1 Å². The SMILES string of the molecule is CN(C)CCCN1CCN(C(=O)[C@@H](COCc2ccccc2)NC(=O)c2cccnc2Oc2ccc(Cl)cc2)CC1. The Morgan fingerprint density at radius 1 is 1.00 bits per heavy atom. The van der Waals surface area contributed by atoms with Crippen molar-refractivity contribution in [1.29, 1.82) is 0 Å². The lowest BCUT2D eigenvalue weighted by atomic mass is 10.2. The normalized spacial score (nSPS) is 14.6. The van der Waals surface area contributed by atoms with Crippen LogP contribution in [0, 0.1) is 0 Å². The van der Waals surface area contributed by atoms with Crippen LogP contribution in [0.15, 0.2) is 72.9 Å². The molecule has 2 amide bonds. The fourth-order valence-corrected chi connectivity index (χ4v) is 4.69. The van der Waals surface area contributed by atoms with Gasteiger partial charge in [-0.25, -0.2) is 4.98 Å². The van der Waals surface area contributed by atoms with Gasteiger partial charge in [0.2, 0.25) is 11.8 Å². The second-order valence-electron chi connectivity index (χ2n) is 10.3. The summed E-state index contributed by atoms with van der Waals surface area (Å²) in [6, 6.07) is 18.9. The second kappa shape index (κ2) is 15.5. The van der Waals surface area contributed by atoms with E-state index in [4.69, 9.17) is 21.1 Å². The molecule has 1 saturated heterocycles. The maximum absolute atomic E-state index is 13.7. The number of nitrogens with one attached hydrogen (secondary N) is 1. The first-order chi connectivity index (χ1) is 19.9. The van der Waals surface area contributed by atoms with Gasteiger partial charge in [0.05, 0.1) is 13.2 Å². The summed E-state index contributed by atoms with van der Waals surface area (Å²) in [5.41, 5.74) is 1.20. The number of carbonyl (C=O) groups excluding carboxylic acids is 2. The predicted molar refractivity (Wildman–Crippen MR) is 159 cm³/mol. The number of ether oxygens (including phenoxy) is 2. The summed E-state index contributed by atoms with van der Waals surface area (Å²) in [6.07, 6.45) is 2.63. The quantitative estimate of drug-likeness (QED) is 0.328. The zero-order valence-electron chi connectivity index (χ0n) is 23.7.